The minimum Gasteiger partial charge on any atom is -0.461 e. The van der Waals surface area contributed by atoms with E-state index in [1.165, 1.54) is 13.8 Å². The smallest absolute Gasteiger partial charge is 0.461 e. The number of hydrogen-bond acceptors (Lipinski definition) is 7. The van der Waals surface area contributed by atoms with Crippen LogP contribution in [0.5, 0.6) is 0 Å². The molecule has 0 aromatic heterocycles. The second-order valence-electron chi connectivity index (χ2n) is 8.03. The number of carbonyl (C=O) groups is 2. The topological polar surface area (TPSA) is 116 Å². The third-order valence-electron chi connectivity index (χ3n) is 4.47. The van der Waals surface area contributed by atoms with E-state index in [-0.39, 0.29) is 12.3 Å². The van der Waals surface area contributed by atoms with Gasteiger partial charge in [-0.3, -0.25) is 9.35 Å². The predicted molar refractivity (Wildman–Crippen MR) is 101 cm³/mol. The van der Waals surface area contributed by atoms with E-state index in [0.29, 0.717) is 0 Å². The molecule has 0 heterocycles. The lowest BCUT2D eigenvalue weighted by Gasteiger charge is -2.34. The van der Waals surface area contributed by atoms with Gasteiger partial charge in [0.25, 0.3) is 0 Å². The van der Waals surface area contributed by atoms with E-state index in [2.05, 4.69) is 14.2 Å². The van der Waals surface area contributed by atoms with Gasteiger partial charge in [0.15, 0.2) is 0 Å². The van der Waals surface area contributed by atoms with Crippen LogP contribution in [0.3, 0.4) is 0 Å². The Balaban J connectivity index is 6.21. The molecule has 0 saturated carbocycles. The zero-order chi connectivity index (χ0) is 27.3. The molecule has 2 unspecified atom stereocenters. The summed E-state index contributed by atoms with van der Waals surface area (Å²) in [5, 5.41) is -6.09. The van der Waals surface area contributed by atoms with Crippen LogP contribution in [0.15, 0.2) is 0 Å². The Hall–Kier alpha value is -1.68. The molecule has 0 radical (unpaired) electrons. The van der Waals surface area contributed by atoms with Crippen LogP contribution >= 0.6 is 0 Å². The zero-order valence-corrected chi connectivity index (χ0v) is 19.7. The van der Waals surface area contributed by atoms with Crippen LogP contribution in [-0.4, -0.2) is 61.3 Å². The lowest BCUT2D eigenvalue weighted by atomic mass is 9.87. The van der Waals surface area contributed by atoms with Crippen molar-refractivity contribution in [2.24, 2.45) is 17.8 Å². The molecule has 0 aliphatic carbocycles. The molecule has 0 aliphatic rings. The second kappa shape index (κ2) is 11.4. The first-order valence-corrected chi connectivity index (χ1v) is 11.3. The van der Waals surface area contributed by atoms with Gasteiger partial charge in [-0.15, -0.1) is 0 Å². The Morgan fingerprint density at radius 3 is 1.82 bits per heavy atom. The van der Waals surface area contributed by atoms with Gasteiger partial charge in [-0.25, -0.2) is 4.79 Å². The van der Waals surface area contributed by atoms with Crippen molar-refractivity contribution in [1.82, 2.24) is 0 Å². The van der Waals surface area contributed by atoms with Crippen LogP contribution in [0, 0.1) is 17.8 Å². The van der Waals surface area contributed by atoms with Gasteiger partial charge < -0.3 is 14.2 Å². The molecule has 0 aromatic carbocycles. The molecule has 2 atom stereocenters. The van der Waals surface area contributed by atoms with Crippen LogP contribution in [0.25, 0.3) is 0 Å². The van der Waals surface area contributed by atoms with Crippen LogP contribution in [0.2, 0.25) is 0 Å². The van der Waals surface area contributed by atoms with Gasteiger partial charge in [0.05, 0.1) is 19.1 Å². The van der Waals surface area contributed by atoms with Crippen LogP contribution in [-0.2, 0) is 33.9 Å². The summed E-state index contributed by atoms with van der Waals surface area (Å²) in [6.45, 7) is 4.52. The summed E-state index contributed by atoms with van der Waals surface area (Å²) in [5.41, 5.74) is 0. The fourth-order valence-corrected chi connectivity index (χ4v) is 3.11. The highest BCUT2D eigenvalue weighted by atomic mass is 32.2. The molecule has 0 rings (SSSR count). The van der Waals surface area contributed by atoms with Gasteiger partial charge in [-0.05, 0) is 25.2 Å². The molecule has 8 nitrogen and oxygen atoms in total. The lowest BCUT2D eigenvalue weighted by molar-refractivity contribution is -0.359. The van der Waals surface area contributed by atoms with E-state index in [4.69, 9.17) is 4.55 Å². The molecule has 0 spiro atoms. The van der Waals surface area contributed by atoms with Crippen molar-refractivity contribution in [3.8, 4) is 0 Å². The molecule has 0 saturated heterocycles. The maximum absolute atomic E-state index is 13.9. The van der Waals surface area contributed by atoms with E-state index in [1.807, 2.05) is 0 Å². The average molecular weight is 536 g/mol. The van der Waals surface area contributed by atoms with Crippen LogP contribution in [0.4, 0.5) is 30.7 Å². The van der Waals surface area contributed by atoms with Gasteiger partial charge in [-0.1, -0.05) is 27.7 Å². The molecule has 202 valence electrons. The summed E-state index contributed by atoms with van der Waals surface area (Å²) in [4.78, 5) is 24.7. The monoisotopic (exact) mass is 536 g/mol. The Kier molecular flexibility index (Phi) is 10.8. The van der Waals surface area contributed by atoms with Crippen molar-refractivity contribution >= 4 is 22.1 Å². The second-order valence-corrected chi connectivity index (χ2v) is 9.49. The molecule has 0 fully saturated rings. The Bertz CT molecular complexity index is 812. The van der Waals surface area contributed by atoms with Gasteiger partial charge in [0, 0.05) is 6.42 Å². The molecular weight excluding hydrogens is 509 g/mol. The third kappa shape index (κ3) is 7.41. The number of carbonyl (C=O) groups excluding carboxylic acids is 2. The average Bonchev–Trinajstić information content (AvgIpc) is 2.62. The molecule has 16 heteroatoms. The minimum absolute atomic E-state index is 0.00587. The van der Waals surface area contributed by atoms with E-state index >= 15 is 0 Å². The molecule has 0 bridgehead atoms. The van der Waals surface area contributed by atoms with E-state index in [9.17, 15) is 48.7 Å². The normalized spacial score (nSPS) is 16.3. The molecule has 0 amide bonds. The van der Waals surface area contributed by atoms with Crippen LogP contribution in [0.1, 0.15) is 47.5 Å². The maximum atomic E-state index is 13.9. The lowest BCUT2D eigenvalue weighted by Crippen LogP contribution is -2.59. The largest absolute Gasteiger partial charge is 0.468 e. The summed E-state index contributed by atoms with van der Waals surface area (Å²) >= 11 is 0. The molecule has 0 aromatic rings. The van der Waals surface area contributed by atoms with E-state index in [0.717, 1.165) is 6.92 Å². The van der Waals surface area contributed by atoms with Gasteiger partial charge in [-0.2, -0.15) is 39.2 Å². The molecule has 0 aliphatic heterocycles. The first-order chi connectivity index (χ1) is 15.1. The highest BCUT2D eigenvalue weighted by Gasteiger charge is 2.69. The minimum atomic E-state index is -6.67. The van der Waals surface area contributed by atoms with Crippen molar-refractivity contribution in [1.29, 1.82) is 0 Å². The van der Waals surface area contributed by atoms with E-state index in [1.54, 1.807) is 13.8 Å². The number of esters is 2. The number of rotatable bonds is 13. The fraction of sp³-hybridized carbons (Fsp3) is 0.889. The molecule has 34 heavy (non-hydrogen) atoms. The zero-order valence-electron chi connectivity index (χ0n) is 18.9. The van der Waals surface area contributed by atoms with Crippen molar-refractivity contribution in [2.45, 2.75) is 70.6 Å². The number of hydrogen-bond donors (Lipinski definition) is 1. The number of halogens is 7. The maximum Gasteiger partial charge on any atom is 0.468 e. The van der Waals surface area contributed by atoms with Gasteiger partial charge in [0.2, 0.25) is 0 Å². The summed E-state index contributed by atoms with van der Waals surface area (Å²) in [6.07, 6.45) is -8.34. The Labute approximate surface area is 191 Å². The molecular formula is C18H27F7O8S. The number of ether oxygens (including phenoxy) is 3. The first-order valence-electron chi connectivity index (χ1n) is 9.90. The quantitative estimate of drug-likeness (QED) is 0.161. The first kappa shape index (κ1) is 32.3. The molecule has 1 N–H and O–H groups in total. The summed E-state index contributed by atoms with van der Waals surface area (Å²) < 4.78 is 138. The summed E-state index contributed by atoms with van der Waals surface area (Å²) in [7, 11) is -6.67. The standard InChI is InChI=1S/C18H27F7O8S/c1-6-31-14(27)16(17(21,22)23,33-13(26)12(11(4)5)9-10(2)3)32-8-7-15(19,20)18(24,25)34(28,29)30/h10-12H,6-9H2,1-5H3,(H,28,29,30). The number of alkyl halides is 7. The highest BCUT2D eigenvalue weighted by molar-refractivity contribution is 7.87. The van der Waals surface area contributed by atoms with Crippen molar-refractivity contribution in [3.05, 3.63) is 0 Å². The van der Waals surface area contributed by atoms with Gasteiger partial charge in [0.1, 0.15) is 0 Å². The summed E-state index contributed by atoms with van der Waals surface area (Å²) in [5.74, 6) is -16.2. The van der Waals surface area contributed by atoms with Crippen LogP contribution < -0.4 is 0 Å². The van der Waals surface area contributed by atoms with Crippen molar-refractivity contribution < 1.29 is 67.5 Å². The van der Waals surface area contributed by atoms with E-state index < -0.39 is 76.7 Å². The summed E-state index contributed by atoms with van der Waals surface area (Å²) in [6, 6.07) is 0. The van der Waals surface area contributed by atoms with Gasteiger partial charge >= 0.3 is 45.2 Å². The Morgan fingerprint density at radius 2 is 1.47 bits per heavy atom. The van der Waals surface area contributed by atoms with Crippen molar-refractivity contribution in [3.63, 3.8) is 0 Å². The van der Waals surface area contributed by atoms with Crippen molar-refractivity contribution in [2.75, 3.05) is 13.2 Å². The fourth-order valence-electron chi connectivity index (χ4n) is 2.63. The highest BCUT2D eigenvalue weighted by Crippen LogP contribution is 2.42. The predicted octanol–water partition coefficient (Wildman–Crippen LogP) is 4.19. The third-order valence-corrected chi connectivity index (χ3v) is 5.41. The Morgan fingerprint density at radius 1 is 0.971 bits per heavy atom. The SMILES string of the molecule is CCOC(=O)C(OCCC(F)(F)C(F)(F)S(=O)(=O)O)(OC(=O)C(CC(C)C)C(C)C)C(F)(F)F.